The summed E-state index contributed by atoms with van der Waals surface area (Å²) >= 11 is 0. The van der Waals surface area contributed by atoms with Crippen molar-refractivity contribution in [3.63, 3.8) is 0 Å². The molecule has 3 heterocycles. The lowest BCUT2D eigenvalue weighted by molar-refractivity contribution is -0.118. The summed E-state index contributed by atoms with van der Waals surface area (Å²) in [6.45, 7) is 6.56. The number of piperazine rings is 1. The summed E-state index contributed by atoms with van der Waals surface area (Å²) in [5.41, 5.74) is 0. The number of carbonyl (C=O) groups excluding carboxylic acids is 1. The Morgan fingerprint density at radius 2 is 1.55 bits per heavy atom. The average molecular weight is 276 g/mol. The molecule has 3 rings (SSSR count). The van der Waals surface area contributed by atoms with Crippen molar-refractivity contribution in [2.75, 3.05) is 62.3 Å². The second-order valence-corrected chi connectivity index (χ2v) is 5.08. The van der Waals surface area contributed by atoms with E-state index in [-0.39, 0.29) is 0 Å². The van der Waals surface area contributed by atoms with Crippen molar-refractivity contribution >= 4 is 18.0 Å². The third-order valence-corrected chi connectivity index (χ3v) is 3.84. The minimum Gasteiger partial charge on any atom is -0.378 e. The van der Waals surface area contributed by atoms with Gasteiger partial charge in [0.2, 0.25) is 6.41 Å². The second-order valence-electron chi connectivity index (χ2n) is 5.08. The van der Waals surface area contributed by atoms with Gasteiger partial charge in [-0.2, -0.15) is 0 Å². The number of rotatable bonds is 3. The van der Waals surface area contributed by atoms with Gasteiger partial charge in [-0.05, 0) is 12.1 Å². The van der Waals surface area contributed by atoms with Gasteiger partial charge >= 0.3 is 0 Å². The molecule has 0 aromatic carbocycles. The smallest absolute Gasteiger partial charge is 0.209 e. The van der Waals surface area contributed by atoms with Gasteiger partial charge in [0.25, 0.3) is 0 Å². The Morgan fingerprint density at radius 3 is 2.15 bits per heavy atom. The molecule has 6 heteroatoms. The van der Waals surface area contributed by atoms with Crippen LogP contribution in [0, 0.1) is 0 Å². The van der Waals surface area contributed by atoms with Crippen molar-refractivity contribution in [3.05, 3.63) is 18.2 Å². The van der Waals surface area contributed by atoms with Gasteiger partial charge in [0.05, 0.1) is 13.2 Å². The number of pyridine rings is 1. The van der Waals surface area contributed by atoms with E-state index in [4.69, 9.17) is 9.72 Å². The van der Waals surface area contributed by atoms with Gasteiger partial charge in [0.15, 0.2) is 0 Å². The van der Waals surface area contributed by atoms with Crippen LogP contribution >= 0.6 is 0 Å². The predicted octanol–water partition coefficient (Wildman–Crippen LogP) is 0.197. The molecule has 1 amide bonds. The van der Waals surface area contributed by atoms with Gasteiger partial charge in [-0.25, -0.2) is 4.98 Å². The number of hydrogen-bond acceptors (Lipinski definition) is 5. The van der Waals surface area contributed by atoms with Crippen molar-refractivity contribution < 1.29 is 9.53 Å². The molecule has 0 bridgehead atoms. The van der Waals surface area contributed by atoms with E-state index in [0.717, 1.165) is 70.5 Å². The molecule has 108 valence electrons. The van der Waals surface area contributed by atoms with Crippen LogP contribution in [-0.4, -0.2) is 68.8 Å². The van der Waals surface area contributed by atoms with E-state index < -0.39 is 0 Å². The van der Waals surface area contributed by atoms with Crippen LogP contribution in [0.15, 0.2) is 18.2 Å². The van der Waals surface area contributed by atoms with Gasteiger partial charge < -0.3 is 19.4 Å². The van der Waals surface area contributed by atoms with E-state index in [1.165, 1.54) is 0 Å². The first kappa shape index (κ1) is 13.2. The summed E-state index contributed by atoms with van der Waals surface area (Å²) in [6.07, 6.45) is 0.926. The minimum atomic E-state index is 0.768. The third-order valence-electron chi connectivity index (χ3n) is 3.84. The molecule has 0 spiro atoms. The summed E-state index contributed by atoms with van der Waals surface area (Å²) in [7, 11) is 0. The third kappa shape index (κ3) is 2.85. The van der Waals surface area contributed by atoms with Crippen LogP contribution in [0.5, 0.6) is 0 Å². The van der Waals surface area contributed by atoms with Crippen LogP contribution in [0.3, 0.4) is 0 Å². The molecule has 0 radical (unpaired) electrons. The van der Waals surface area contributed by atoms with E-state index in [0.29, 0.717) is 0 Å². The monoisotopic (exact) mass is 276 g/mol. The van der Waals surface area contributed by atoms with Crippen molar-refractivity contribution in [2.45, 2.75) is 0 Å². The van der Waals surface area contributed by atoms with Crippen molar-refractivity contribution in [3.8, 4) is 0 Å². The molecule has 2 fully saturated rings. The lowest BCUT2D eigenvalue weighted by atomic mass is 10.3. The predicted molar refractivity (Wildman–Crippen MR) is 77.1 cm³/mol. The summed E-state index contributed by atoms with van der Waals surface area (Å²) < 4.78 is 5.37. The van der Waals surface area contributed by atoms with Gasteiger partial charge in [-0.15, -0.1) is 0 Å². The highest BCUT2D eigenvalue weighted by atomic mass is 16.5. The maximum atomic E-state index is 10.7. The topological polar surface area (TPSA) is 48.9 Å². The van der Waals surface area contributed by atoms with Crippen LogP contribution in [0.1, 0.15) is 0 Å². The van der Waals surface area contributed by atoms with E-state index >= 15 is 0 Å². The molecule has 0 N–H and O–H groups in total. The lowest BCUT2D eigenvalue weighted by Gasteiger charge is -2.34. The van der Waals surface area contributed by atoms with E-state index in [2.05, 4.69) is 21.9 Å². The number of carbonyl (C=O) groups is 1. The Hall–Kier alpha value is -1.82. The highest BCUT2D eigenvalue weighted by Crippen LogP contribution is 2.19. The standard InChI is InChI=1S/C14H20N4O2/c19-12-16-4-6-17(7-5-16)13-2-1-3-14(15-13)18-8-10-20-11-9-18/h1-3,12H,4-11H2. The SMILES string of the molecule is O=CN1CCN(c2cccc(N3CCOCC3)n2)CC1. The van der Waals surface area contributed by atoms with E-state index in [9.17, 15) is 4.79 Å². The first-order valence-corrected chi connectivity index (χ1v) is 7.11. The fourth-order valence-electron chi connectivity index (χ4n) is 2.61. The zero-order valence-corrected chi connectivity index (χ0v) is 11.6. The van der Waals surface area contributed by atoms with Gasteiger partial charge in [0.1, 0.15) is 11.6 Å². The summed E-state index contributed by atoms with van der Waals surface area (Å²) in [5.74, 6) is 2.02. The molecule has 1 aromatic rings. The molecule has 2 aliphatic heterocycles. The quantitative estimate of drug-likeness (QED) is 0.738. The lowest BCUT2D eigenvalue weighted by Crippen LogP contribution is -2.46. The molecule has 2 aliphatic rings. The van der Waals surface area contributed by atoms with Crippen molar-refractivity contribution in [1.29, 1.82) is 0 Å². The number of ether oxygens (including phenoxy) is 1. The molecule has 0 unspecified atom stereocenters. The van der Waals surface area contributed by atoms with Crippen molar-refractivity contribution in [2.24, 2.45) is 0 Å². The Balaban J connectivity index is 1.69. The molecular formula is C14H20N4O2. The molecule has 0 aliphatic carbocycles. The van der Waals surface area contributed by atoms with Gasteiger partial charge in [-0.3, -0.25) is 4.79 Å². The summed E-state index contributed by atoms with van der Waals surface area (Å²) in [4.78, 5) is 21.8. The van der Waals surface area contributed by atoms with Gasteiger partial charge in [0, 0.05) is 39.3 Å². The Labute approximate surface area is 118 Å². The minimum absolute atomic E-state index is 0.768. The first-order chi connectivity index (χ1) is 9.86. The highest BCUT2D eigenvalue weighted by Gasteiger charge is 2.18. The van der Waals surface area contributed by atoms with E-state index in [1.54, 1.807) is 0 Å². The van der Waals surface area contributed by atoms with Crippen LogP contribution in [0.2, 0.25) is 0 Å². The Morgan fingerprint density at radius 1 is 0.950 bits per heavy atom. The Kier molecular flexibility index (Phi) is 4.01. The number of morpholine rings is 1. The van der Waals surface area contributed by atoms with Crippen LogP contribution in [0.25, 0.3) is 0 Å². The zero-order valence-electron chi connectivity index (χ0n) is 11.6. The van der Waals surface area contributed by atoms with Crippen LogP contribution < -0.4 is 9.80 Å². The number of anilines is 2. The molecule has 6 nitrogen and oxygen atoms in total. The molecule has 0 saturated carbocycles. The molecule has 0 atom stereocenters. The van der Waals surface area contributed by atoms with Gasteiger partial charge in [-0.1, -0.05) is 6.07 Å². The maximum Gasteiger partial charge on any atom is 0.209 e. The zero-order chi connectivity index (χ0) is 13.8. The molecular weight excluding hydrogens is 256 g/mol. The maximum absolute atomic E-state index is 10.7. The largest absolute Gasteiger partial charge is 0.378 e. The summed E-state index contributed by atoms with van der Waals surface area (Å²) in [6, 6.07) is 6.15. The molecule has 1 aromatic heterocycles. The number of nitrogens with zero attached hydrogens (tertiary/aromatic N) is 4. The second kappa shape index (κ2) is 6.09. The van der Waals surface area contributed by atoms with Crippen LogP contribution in [0.4, 0.5) is 11.6 Å². The molecule has 2 saturated heterocycles. The van der Waals surface area contributed by atoms with Crippen LogP contribution in [-0.2, 0) is 9.53 Å². The summed E-state index contributed by atoms with van der Waals surface area (Å²) in [5, 5.41) is 0. The van der Waals surface area contributed by atoms with E-state index in [1.807, 2.05) is 11.0 Å². The first-order valence-electron chi connectivity index (χ1n) is 7.11. The molecule has 20 heavy (non-hydrogen) atoms. The van der Waals surface area contributed by atoms with Crippen molar-refractivity contribution in [1.82, 2.24) is 9.88 Å². The fourth-order valence-corrected chi connectivity index (χ4v) is 2.61. The number of hydrogen-bond donors (Lipinski definition) is 0. The Bertz CT molecular complexity index is 454. The number of aromatic nitrogens is 1. The number of amides is 1. The average Bonchev–Trinajstić information content (AvgIpc) is 2.56. The normalized spacial score (nSPS) is 20.1. The fraction of sp³-hybridized carbons (Fsp3) is 0.571. The highest BCUT2D eigenvalue weighted by molar-refractivity contribution is 5.51.